The highest BCUT2D eigenvalue weighted by atomic mass is 32.2. The van der Waals surface area contributed by atoms with E-state index in [1.54, 1.807) is 18.2 Å². The van der Waals surface area contributed by atoms with Crippen LogP contribution in [0, 0.1) is 12.7 Å². The standard InChI is InChI=1S/C18H20FNO4S/c1-12(2)24-14-9-13(3)18(19)16(10-14)17(21)11-20-25(22,23)15-7-5-4-6-8-15/h4-10,12,20H,11H2,1-3H3. The summed E-state index contributed by atoms with van der Waals surface area (Å²) in [5, 5.41) is 0. The molecule has 134 valence electrons. The Kier molecular flexibility index (Phi) is 5.92. The molecule has 0 aliphatic heterocycles. The van der Waals surface area contributed by atoms with Gasteiger partial charge in [-0.25, -0.2) is 17.5 Å². The van der Waals surface area contributed by atoms with Gasteiger partial charge in [0.05, 0.1) is 23.1 Å². The van der Waals surface area contributed by atoms with Gasteiger partial charge in [-0.15, -0.1) is 0 Å². The summed E-state index contributed by atoms with van der Waals surface area (Å²) in [6.45, 7) is 4.61. The summed E-state index contributed by atoms with van der Waals surface area (Å²) in [6.07, 6.45) is -0.135. The smallest absolute Gasteiger partial charge is 0.240 e. The first-order valence-electron chi connectivity index (χ1n) is 7.75. The van der Waals surface area contributed by atoms with Crippen molar-refractivity contribution >= 4 is 15.8 Å². The Morgan fingerprint density at radius 1 is 1.20 bits per heavy atom. The first-order valence-corrected chi connectivity index (χ1v) is 9.23. The number of benzene rings is 2. The van der Waals surface area contributed by atoms with E-state index >= 15 is 0 Å². The number of rotatable bonds is 7. The van der Waals surface area contributed by atoms with Gasteiger partial charge < -0.3 is 4.74 Å². The Hall–Kier alpha value is -2.25. The largest absolute Gasteiger partial charge is 0.491 e. The molecule has 7 heteroatoms. The fourth-order valence-electron chi connectivity index (χ4n) is 2.22. The molecule has 1 N–H and O–H groups in total. The van der Waals surface area contributed by atoms with E-state index in [4.69, 9.17) is 4.74 Å². The van der Waals surface area contributed by atoms with Crippen LogP contribution < -0.4 is 9.46 Å². The molecule has 0 spiro atoms. The quantitative estimate of drug-likeness (QED) is 0.766. The fraction of sp³-hybridized carbons (Fsp3) is 0.278. The van der Waals surface area contributed by atoms with Crippen molar-refractivity contribution in [3.8, 4) is 5.75 Å². The molecule has 0 heterocycles. The minimum absolute atomic E-state index is 0.0383. The van der Waals surface area contributed by atoms with Gasteiger partial charge in [0.15, 0.2) is 5.78 Å². The Morgan fingerprint density at radius 2 is 1.84 bits per heavy atom. The van der Waals surface area contributed by atoms with Crippen molar-refractivity contribution in [1.29, 1.82) is 0 Å². The molecule has 2 aromatic rings. The molecule has 0 aromatic heterocycles. The number of nitrogens with one attached hydrogen (secondary N) is 1. The number of aryl methyl sites for hydroxylation is 1. The summed E-state index contributed by atoms with van der Waals surface area (Å²) in [7, 11) is -3.84. The number of carbonyl (C=O) groups excluding carboxylic acids is 1. The zero-order valence-corrected chi connectivity index (χ0v) is 15.1. The average Bonchev–Trinajstić information content (AvgIpc) is 2.56. The van der Waals surface area contributed by atoms with E-state index in [9.17, 15) is 17.6 Å². The third-order valence-electron chi connectivity index (χ3n) is 3.38. The molecule has 5 nitrogen and oxygen atoms in total. The lowest BCUT2D eigenvalue weighted by atomic mass is 10.1. The lowest BCUT2D eigenvalue weighted by Crippen LogP contribution is -2.30. The number of hydrogen-bond acceptors (Lipinski definition) is 4. The maximum Gasteiger partial charge on any atom is 0.240 e. The Balaban J connectivity index is 2.19. The van der Waals surface area contributed by atoms with Crippen LogP contribution in [-0.2, 0) is 10.0 Å². The van der Waals surface area contributed by atoms with Crippen LogP contribution in [0.15, 0.2) is 47.4 Å². The maximum absolute atomic E-state index is 14.3. The molecule has 2 rings (SSSR count). The monoisotopic (exact) mass is 365 g/mol. The van der Waals surface area contributed by atoms with Gasteiger partial charge in [0.1, 0.15) is 11.6 Å². The van der Waals surface area contributed by atoms with Crippen molar-refractivity contribution in [2.75, 3.05) is 6.54 Å². The van der Waals surface area contributed by atoms with Crippen molar-refractivity contribution in [3.63, 3.8) is 0 Å². The van der Waals surface area contributed by atoms with Gasteiger partial charge in [0.2, 0.25) is 10.0 Å². The van der Waals surface area contributed by atoms with Gasteiger partial charge in [0.25, 0.3) is 0 Å². The Morgan fingerprint density at radius 3 is 2.44 bits per heavy atom. The molecular weight excluding hydrogens is 345 g/mol. The van der Waals surface area contributed by atoms with Gasteiger partial charge in [-0.1, -0.05) is 18.2 Å². The van der Waals surface area contributed by atoms with Crippen LogP contribution in [0.25, 0.3) is 0 Å². The minimum Gasteiger partial charge on any atom is -0.491 e. The number of carbonyl (C=O) groups is 1. The minimum atomic E-state index is -3.84. The zero-order valence-electron chi connectivity index (χ0n) is 14.2. The predicted octanol–water partition coefficient (Wildman–Crippen LogP) is 3.08. The summed E-state index contributed by atoms with van der Waals surface area (Å²) in [6, 6.07) is 10.5. The lowest BCUT2D eigenvalue weighted by molar-refractivity contribution is 0.0992. The lowest BCUT2D eigenvalue weighted by Gasteiger charge is -2.13. The van der Waals surface area contributed by atoms with Crippen LogP contribution in [0.2, 0.25) is 0 Å². The molecule has 0 unspecified atom stereocenters. The molecule has 0 atom stereocenters. The maximum atomic E-state index is 14.3. The molecule has 2 aromatic carbocycles. The van der Waals surface area contributed by atoms with E-state index < -0.39 is 28.2 Å². The second kappa shape index (κ2) is 7.76. The number of sulfonamides is 1. The molecule has 0 aliphatic carbocycles. The van der Waals surface area contributed by atoms with Gasteiger partial charge in [-0.2, -0.15) is 0 Å². The Bertz CT molecular complexity index is 864. The van der Waals surface area contributed by atoms with E-state index in [0.717, 1.165) is 0 Å². The van der Waals surface area contributed by atoms with Gasteiger partial charge in [-0.3, -0.25) is 4.79 Å². The van der Waals surface area contributed by atoms with Gasteiger partial charge in [-0.05, 0) is 50.6 Å². The summed E-state index contributed by atoms with van der Waals surface area (Å²) >= 11 is 0. The van der Waals surface area contributed by atoms with E-state index in [1.807, 2.05) is 13.8 Å². The summed E-state index contributed by atoms with van der Waals surface area (Å²) < 4.78 is 46.3. The van der Waals surface area contributed by atoms with Crippen molar-refractivity contribution < 1.29 is 22.3 Å². The van der Waals surface area contributed by atoms with Crippen molar-refractivity contribution in [3.05, 3.63) is 59.4 Å². The topological polar surface area (TPSA) is 72.5 Å². The second-order valence-corrected chi connectivity index (χ2v) is 7.60. The highest BCUT2D eigenvalue weighted by Gasteiger charge is 2.20. The summed E-state index contributed by atoms with van der Waals surface area (Å²) in [4.78, 5) is 12.3. The highest BCUT2D eigenvalue weighted by Crippen LogP contribution is 2.22. The molecule has 0 aliphatic rings. The number of halogens is 1. The average molecular weight is 365 g/mol. The van der Waals surface area contributed by atoms with Crippen LogP contribution in [0.1, 0.15) is 29.8 Å². The molecule has 0 radical (unpaired) electrons. The van der Waals surface area contributed by atoms with Crippen molar-refractivity contribution in [1.82, 2.24) is 4.72 Å². The normalized spacial score (nSPS) is 11.6. The van der Waals surface area contributed by atoms with E-state index in [0.29, 0.717) is 5.75 Å². The van der Waals surface area contributed by atoms with Crippen LogP contribution in [-0.4, -0.2) is 26.8 Å². The molecule has 0 amide bonds. The van der Waals surface area contributed by atoms with Crippen LogP contribution in [0.4, 0.5) is 4.39 Å². The molecule has 0 saturated carbocycles. The van der Waals surface area contributed by atoms with Crippen LogP contribution in [0.3, 0.4) is 0 Å². The third kappa shape index (κ3) is 4.87. The van der Waals surface area contributed by atoms with Gasteiger partial charge in [0, 0.05) is 0 Å². The summed E-state index contributed by atoms with van der Waals surface area (Å²) in [5.74, 6) is -0.988. The number of ketones is 1. The first kappa shape index (κ1) is 19.1. The van der Waals surface area contributed by atoms with E-state index in [1.165, 1.54) is 31.2 Å². The SMILES string of the molecule is Cc1cc(OC(C)C)cc(C(=O)CNS(=O)(=O)c2ccccc2)c1F. The molecule has 25 heavy (non-hydrogen) atoms. The molecular formula is C18H20FNO4S. The molecule has 0 saturated heterocycles. The van der Waals surface area contributed by atoms with Crippen LogP contribution >= 0.6 is 0 Å². The number of hydrogen-bond donors (Lipinski definition) is 1. The number of Topliss-reactive ketones (excluding diaryl/α,β-unsaturated/α-hetero) is 1. The number of ether oxygens (including phenoxy) is 1. The molecule has 0 fully saturated rings. The predicted molar refractivity (Wildman–Crippen MR) is 92.9 cm³/mol. The van der Waals surface area contributed by atoms with Crippen LogP contribution in [0.5, 0.6) is 5.75 Å². The summed E-state index contributed by atoms with van der Waals surface area (Å²) in [5.41, 5.74) is 0.0545. The van der Waals surface area contributed by atoms with Gasteiger partial charge >= 0.3 is 0 Å². The molecule has 0 bridgehead atoms. The Labute approximate surface area is 146 Å². The third-order valence-corrected chi connectivity index (χ3v) is 4.79. The first-order chi connectivity index (χ1) is 11.7. The van der Waals surface area contributed by atoms with E-state index in [-0.39, 0.29) is 22.1 Å². The second-order valence-electron chi connectivity index (χ2n) is 5.83. The van der Waals surface area contributed by atoms with Crippen molar-refractivity contribution in [2.45, 2.75) is 31.8 Å². The van der Waals surface area contributed by atoms with E-state index in [2.05, 4.69) is 4.72 Å². The zero-order chi connectivity index (χ0) is 18.6. The van der Waals surface area contributed by atoms with Crippen molar-refractivity contribution in [2.24, 2.45) is 0 Å². The highest BCUT2D eigenvalue weighted by molar-refractivity contribution is 7.89. The fourth-order valence-corrected chi connectivity index (χ4v) is 3.22.